The van der Waals surface area contributed by atoms with E-state index in [4.69, 9.17) is 0 Å². The number of aromatic nitrogens is 2. The summed E-state index contributed by atoms with van der Waals surface area (Å²) in [4.78, 5) is 2.38. The zero-order chi connectivity index (χ0) is 17.6. The standard InChI is InChI=1S/C20H30N4O/c1-15-3-5-17(6-4-15)20-18(12-22-23-20)11-21-13-19(25)14-24-9-7-16(2)8-10-24/h3-6,12,16,19,21,25H,7-11,13-14H2,1-2H3,(H,22,23). The highest BCUT2D eigenvalue weighted by atomic mass is 16.3. The largest absolute Gasteiger partial charge is 0.390 e. The molecule has 0 amide bonds. The number of aliphatic hydroxyl groups is 1. The highest BCUT2D eigenvalue weighted by Gasteiger charge is 2.18. The maximum absolute atomic E-state index is 10.3. The van der Waals surface area contributed by atoms with Crippen LogP contribution in [0.3, 0.4) is 0 Å². The van der Waals surface area contributed by atoms with Crippen molar-refractivity contribution in [2.75, 3.05) is 26.2 Å². The molecule has 1 aliphatic heterocycles. The van der Waals surface area contributed by atoms with Crippen LogP contribution < -0.4 is 5.32 Å². The van der Waals surface area contributed by atoms with Crippen molar-refractivity contribution in [3.8, 4) is 11.3 Å². The summed E-state index contributed by atoms with van der Waals surface area (Å²) >= 11 is 0. The van der Waals surface area contributed by atoms with Gasteiger partial charge in [0.15, 0.2) is 0 Å². The van der Waals surface area contributed by atoms with Crippen LogP contribution in [0.25, 0.3) is 11.3 Å². The number of β-amino-alcohol motifs (C(OH)–C–C–N with tert-alkyl or cyclic N) is 1. The highest BCUT2D eigenvalue weighted by molar-refractivity contribution is 5.62. The number of nitrogens with one attached hydrogen (secondary N) is 2. The molecule has 5 nitrogen and oxygen atoms in total. The number of aryl methyl sites for hydroxylation is 1. The first-order valence-electron chi connectivity index (χ1n) is 9.32. The van der Waals surface area contributed by atoms with Crippen LogP contribution in [0.4, 0.5) is 0 Å². The topological polar surface area (TPSA) is 64.2 Å². The van der Waals surface area contributed by atoms with Crippen molar-refractivity contribution in [1.82, 2.24) is 20.4 Å². The van der Waals surface area contributed by atoms with Gasteiger partial charge < -0.3 is 15.3 Å². The minimum Gasteiger partial charge on any atom is -0.390 e. The highest BCUT2D eigenvalue weighted by Crippen LogP contribution is 2.21. The molecular weight excluding hydrogens is 312 g/mol. The molecule has 1 unspecified atom stereocenters. The number of hydrogen-bond donors (Lipinski definition) is 3. The molecule has 1 fully saturated rings. The quantitative estimate of drug-likeness (QED) is 0.724. The SMILES string of the molecule is Cc1ccc(-c2[nH]ncc2CNCC(O)CN2CCC(C)CC2)cc1. The molecule has 3 rings (SSSR count). The fourth-order valence-corrected chi connectivity index (χ4v) is 3.40. The van der Waals surface area contributed by atoms with Gasteiger partial charge in [-0.25, -0.2) is 0 Å². The number of likely N-dealkylation sites (tertiary alicyclic amines) is 1. The summed E-state index contributed by atoms with van der Waals surface area (Å²) < 4.78 is 0. The summed E-state index contributed by atoms with van der Waals surface area (Å²) in [5.41, 5.74) is 4.57. The van der Waals surface area contributed by atoms with E-state index in [9.17, 15) is 5.11 Å². The Morgan fingerprint density at radius 3 is 2.72 bits per heavy atom. The monoisotopic (exact) mass is 342 g/mol. The third-order valence-corrected chi connectivity index (χ3v) is 5.10. The van der Waals surface area contributed by atoms with Gasteiger partial charge >= 0.3 is 0 Å². The van der Waals surface area contributed by atoms with Crippen LogP contribution in [0.2, 0.25) is 0 Å². The molecule has 0 radical (unpaired) electrons. The predicted molar refractivity (Wildman–Crippen MR) is 101 cm³/mol. The third-order valence-electron chi connectivity index (χ3n) is 5.10. The van der Waals surface area contributed by atoms with Gasteiger partial charge in [-0.05, 0) is 44.3 Å². The lowest BCUT2D eigenvalue weighted by molar-refractivity contribution is 0.0907. The summed E-state index contributed by atoms with van der Waals surface area (Å²) in [5, 5.41) is 20.9. The van der Waals surface area contributed by atoms with Crippen molar-refractivity contribution in [3.63, 3.8) is 0 Å². The van der Waals surface area contributed by atoms with Crippen molar-refractivity contribution in [2.45, 2.75) is 39.3 Å². The average molecular weight is 342 g/mol. The van der Waals surface area contributed by atoms with Gasteiger partial charge in [-0.3, -0.25) is 5.10 Å². The van der Waals surface area contributed by atoms with Crippen molar-refractivity contribution in [3.05, 3.63) is 41.6 Å². The van der Waals surface area contributed by atoms with Gasteiger partial charge in [-0.1, -0.05) is 36.8 Å². The summed E-state index contributed by atoms with van der Waals surface area (Å²) in [6.45, 7) is 8.68. The van der Waals surface area contributed by atoms with Crippen molar-refractivity contribution < 1.29 is 5.11 Å². The predicted octanol–water partition coefficient (Wildman–Crippen LogP) is 2.57. The third kappa shape index (κ3) is 5.14. The summed E-state index contributed by atoms with van der Waals surface area (Å²) in [6, 6.07) is 8.43. The molecule has 1 aromatic heterocycles. The Morgan fingerprint density at radius 1 is 1.28 bits per heavy atom. The zero-order valence-electron chi connectivity index (χ0n) is 15.3. The van der Waals surface area contributed by atoms with Crippen LogP contribution in [-0.4, -0.2) is 52.5 Å². The number of rotatable bonds is 7. The number of aromatic amines is 1. The van der Waals surface area contributed by atoms with Crippen LogP contribution >= 0.6 is 0 Å². The van der Waals surface area contributed by atoms with Gasteiger partial charge in [-0.15, -0.1) is 0 Å². The Bertz CT molecular complexity index is 644. The van der Waals surface area contributed by atoms with Crippen LogP contribution in [0.5, 0.6) is 0 Å². The molecule has 0 aliphatic carbocycles. The molecule has 1 aromatic carbocycles. The fraction of sp³-hybridized carbons (Fsp3) is 0.550. The van der Waals surface area contributed by atoms with Gasteiger partial charge in [-0.2, -0.15) is 5.10 Å². The fourth-order valence-electron chi connectivity index (χ4n) is 3.40. The van der Waals surface area contributed by atoms with E-state index >= 15 is 0 Å². The molecule has 1 atom stereocenters. The first-order chi connectivity index (χ1) is 12.1. The number of H-pyrrole nitrogens is 1. The minimum atomic E-state index is -0.330. The molecule has 136 valence electrons. The molecule has 1 saturated heterocycles. The van der Waals surface area contributed by atoms with Crippen LogP contribution in [0.15, 0.2) is 30.5 Å². The van der Waals surface area contributed by atoms with Crippen molar-refractivity contribution >= 4 is 0 Å². The molecule has 0 saturated carbocycles. The number of benzene rings is 1. The second-order valence-corrected chi connectivity index (χ2v) is 7.40. The molecule has 2 aromatic rings. The van der Waals surface area contributed by atoms with E-state index in [2.05, 4.69) is 58.5 Å². The molecule has 1 aliphatic rings. The average Bonchev–Trinajstić information content (AvgIpc) is 3.06. The zero-order valence-corrected chi connectivity index (χ0v) is 15.3. The Morgan fingerprint density at radius 2 is 2.00 bits per heavy atom. The summed E-state index contributed by atoms with van der Waals surface area (Å²) in [7, 11) is 0. The number of aliphatic hydroxyl groups excluding tert-OH is 1. The molecule has 0 bridgehead atoms. The lowest BCUT2D eigenvalue weighted by Crippen LogP contribution is -2.41. The van der Waals surface area contributed by atoms with Crippen LogP contribution in [0, 0.1) is 12.8 Å². The second-order valence-electron chi connectivity index (χ2n) is 7.40. The Balaban J connectivity index is 1.46. The van der Waals surface area contributed by atoms with Gasteiger partial charge in [0.1, 0.15) is 0 Å². The first kappa shape index (κ1) is 18.1. The first-order valence-corrected chi connectivity index (χ1v) is 9.32. The number of hydrogen-bond acceptors (Lipinski definition) is 4. The van der Waals surface area contributed by atoms with E-state index in [1.807, 2.05) is 6.20 Å². The Kier molecular flexibility index (Phi) is 6.24. The van der Waals surface area contributed by atoms with Gasteiger partial charge in [0.2, 0.25) is 0 Å². The van der Waals surface area contributed by atoms with E-state index in [0.717, 1.165) is 42.4 Å². The molecule has 0 spiro atoms. The molecule has 5 heteroatoms. The lowest BCUT2D eigenvalue weighted by Gasteiger charge is -2.31. The van der Waals surface area contributed by atoms with E-state index in [1.54, 1.807) is 0 Å². The van der Waals surface area contributed by atoms with Crippen LogP contribution in [-0.2, 0) is 6.54 Å². The van der Waals surface area contributed by atoms with Crippen molar-refractivity contribution in [1.29, 1.82) is 0 Å². The van der Waals surface area contributed by atoms with Gasteiger partial charge in [0.25, 0.3) is 0 Å². The van der Waals surface area contributed by atoms with E-state index in [0.29, 0.717) is 13.1 Å². The van der Waals surface area contributed by atoms with E-state index in [1.165, 1.54) is 18.4 Å². The maximum atomic E-state index is 10.3. The molecule has 3 N–H and O–H groups in total. The normalized spacial score (nSPS) is 17.7. The summed E-state index contributed by atoms with van der Waals surface area (Å²) in [5.74, 6) is 0.827. The number of piperidine rings is 1. The minimum absolute atomic E-state index is 0.330. The van der Waals surface area contributed by atoms with Gasteiger partial charge in [0, 0.05) is 25.2 Å². The van der Waals surface area contributed by atoms with E-state index in [-0.39, 0.29) is 6.10 Å². The Hall–Kier alpha value is -1.69. The smallest absolute Gasteiger partial charge is 0.0791 e. The molecule has 2 heterocycles. The molecule has 25 heavy (non-hydrogen) atoms. The molecular formula is C20H30N4O. The maximum Gasteiger partial charge on any atom is 0.0791 e. The Labute approximate surface area is 150 Å². The lowest BCUT2D eigenvalue weighted by atomic mass is 9.99. The van der Waals surface area contributed by atoms with Crippen LogP contribution in [0.1, 0.15) is 30.9 Å². The van der Waals surface area contributed by atoms with Crippen molar-refractivity contribution in [2.24, 2.45) is 5.92 Å². The number of nitrogens with zero attached hydrogens (tertiary/aromatic N) is 2. The second kappa shape index (κ2) is 8.61. The summed E-state index contributed by atoms with van der Waals surface area (Å²) in [6.07, 6.45) is 4.02. The van der Waals surface area contributed by atoms with E-state index < -0.39 is 0 Å². The van der Waals surface area contributed by atoms with Gasteiger partial charge in [0.05, 0.1) is 18.0 Å².